The van der Waals surface area contributed by atoms with Gasteiger partial charge in [-0.25, -0.2) is 0 Å². The SMILES string of the molecule is C=C1C[C@H](O[Si](C)(C)C(C)(C)C)[C@H](CC[C@H](CCCCC)O[Si](C)(C)C(C)(C)C)[C@H]1Cc1cccc(OCc2ccccc2)c1. The van der Waals surface area contributed by atoms with E-state index in [1.165, 1.54) is 36.0 Å². The summed E-state index contributed by atoms with van der Waals surface area (Å²) in [5.74, 6) is 1.77. The van der Waals surface area contributed by atoms with Crippen molar-refractivity contribution < 1.29 is 13.6 Å². The molecular weight excluding hydrogens is 585 g/mol. The van der Waals surface area contributed by atoms with Crippen LogP contribution in [-0.4, -0.2) is 28.8 Å². The highest BCUT2D eigenvalue weighted by atomic mass is 28.4. The Hall–Kier alpha value is -1.67. The van der Waals surface area contributed by atoms with Crippen molar-refractivity contribution in [2.45, 2.75) is 155 Å². The molecule has 0 bridgehead atoms. The van der Waals surface area contributed by atoms with Gasteiger partial charge in [0.05, 0.1) is 6.10 Å². The minimum atomic E-state index is -1.95. The summed E-state index contributed by atoms with van der Waals surface area (Å²) in [7, 11) is -3.82. The predicted octanol–water partition coefficient (Wildman–Crippen LogP) is 12.1. The lowest BCUT2D eigenvalue weighted by Gasteiger charge is -2.41. The highest BCUT2D eigenvalue weighted by Crippen LogP contribution is 2.47. The van der Waals surface area contributed by atoms with E-state index in [0.29, 0.717) is 24.5 Å². The molecule has 0 spiro atoms. The van der Waals surface area contributed by atoms with Crippen molar-refractivity contribution in [3.63, 3.8) is 0 Å². The standard InChI is InChI=1S/C40H66O3Si2/c1-13-14-16-23-34(42-44(9,10)39(3,4)5)25-26-36-37(31(2)27-38(36)43-45(11,12)40(6,7)8)29-33-22-19-24-35(28-33)41-30-32-20-17-15-18-21-32/h15,17-22,24,28,34,36-38H,2,13-14,16,23,25-27,29-30H2,1,3-12H3/t34-,36+,37-,38-/m0/s1. The monoisotopic (exact) mass is 650 g/mol. The molecule has 0 heterocycles. The van der Waals surface area contributed by atoms with Crippen LogP contribution in [-0.2, 0) is 21.9 Å². The molecule has 3 rings (SSSR count). The molecule has 0 unspecified atom stereocenters. The highest BCUT2D eigenvalue weighted by molar-refractivity contribution is 6.74. The summed E-state index contributed by atoms with van der Waals surface area (Å²) < 4.78 is 20.6. The molecule has 0 aliphatic heterocycles. The van der Waals surface area contributed by atoms with E-state index in [4.69, 9.17) is 13.6 Å². The van der Waals surface area contributed by atoms with E-state index < -0.39 is 16.6 Å². The van der Waals surface area contributed by atoms with Crippen LogP contribution in [0.2, 0.25) is 36.3 Å². The van der Waals surface area contributed by atoms with Gasteiger partial charge in [-0.1, -0.05) is 122 Å². The van der Waals surface area contributed by atoms with E-state index in [-0.39, 0.29) is 16.2 Å². The first-order valence-corrected chi connectivity index (χ1v) is 23.5. The van der Waals surface area contributed by atoms with Crippen molar-refractivity contribution in [2.24, 2.45) is 11.8 Å². The third-order valence-corrected chi connectivity index (χ3v) is 20.1. The molecule has 0 radical (unpaired) electrons. The van der Waals surface area contributed by atoms with Gasteiger partial charge in [0.1, 0.15) is 12.4 Å². The first-order valence-electron chi connectivity index (χ1n) is 17.7. The van der Waals surface area contributed by atoms with Crippen molar-refractivity contribution in [3.8, 4) is 5.75 Å². The number of hydrogen-bond donors (Lipinski definition) is 0. The second kappa shape index (κ2) is 16.0. The summed E-state index contributed by atoms with van der Waals surface area (Å²) in [6, 6.07) is 19.1. The van der Waals surface area contributed by atoms with Crippen molar-refractivity contribution in [3.05, 3.63) is 77.9 Å². The van der Waals surface area contributed by atoms with Gasteiger partial charge < -0.3 is 13.6 Å². The molecule has 0 aromatic heterocycles. The molecule has 45 heavy (non-hydrogen) atoms. The topological polar surface area (TPSA) is 27.7 Å². The molecule has 3 nitrogen and oxygen atoms in total. The van der Waals surface area contributed by atoms with Crippen LogP contribution in [0.15, 0.2) is 66.7 Å². The summed E-state index contributed by atoms with van der Waals surface area (Å²) in [5.41, 5.74) is 3.86. The fraction of sp³-hybridized carbons (Fsp3) is 0.650. The van der Waals surface area contributed by atoms with Crippen LogP contribution in [0.25, 0.3) is 0 Å². The lowest BCUT2D eigenvalue weighted by atomic mass is 9.83. The van der Waals surface area contributed by atoms with Gasteiger partial charge in [0.15, 0.2) is 16.6 Å². The molecule has 2 aromatic carbocycles. The minimum absolute atomic E-state index is 0.176. The fourth-order valence-corrected chi connectivity index (χ4v) is 8.89. The molecule has 1 aliphatic rings. The summed E-state index contributed by atoms with van der Waals surface area (Å²) in [5, 5.41) is 0.386. The summed E-state index contributed by atoms with van der Waals surface area (Å²) >= 11 is 0. The van der Waals surface area contributed by atoms with Gasteiger partial charge in [-0.3, -0.25) is 0 Å². The first-order chi connectivity index (χ1) is 20.9. The second-order valence-electron chi connectivity index (χ2n) is 16.7. The lowest BCUT2D eigenvalue weighted by molar-refractivity contribution is 0.0965. The minimum Gasteiger partial charge on any atom is -0.489 e. The zero-order chi connectivity index (χ0) is 33.5. The van der Waals surface area contributed by atoms with Gasteiger partial charge in [-0.15, -0.1) is 0 Å². The smallest absolute Gasteiger partial charge is 0.192 e. The maximum atomic E-state index is 7.23. The van der Waals surface area contributed by atoms with Crippen molar-refractivity contribution in [1.29, 1.82) is 0 Å². The third kappa shape index (κ3) is 10.9. The Bertz CT molecular complexity index is 1190. The number of unbranched alkanes of at least 4 members (excludes halogenated alkanes) is 2. The van der Waals surface area contributed by atoms with Crippen LogP contribution in [0, 0.1) is 11.8 Å². The molecule has 4 atom stereocenters. The average Bonchev–Trinajstić information content (AvgIpc) is 3.22. The molecule has 0 N–H and O–H groups in total. The van der Waals surface area contributed by atoms with Crippen LogP contribution in [0.3, 0.4) is 0 Å². The zero-order valence-electron chi connectivity index (χ0n) is 30.8. The van der Waals surface area contributed by atoms with Crippen molar-refractivity contribution in [1.82, 2.24) is 0 Å². The second-order valence-corrected chi connectivity index (χ2v) is 26.3. The van der Waals surface area contributed by atoms with Gasteiger partial charge in [-0.2, -0.15) is 0 Å². The van der Waals surface area contributed by atoms with Gasteiger partial charge in [0.25, 0.3) is 0 Å². The molecule has 2 aromatic rings. The quantitative estimate of drug-likeness (QED) is 0.103. The predicted molar refractivity (Wildman–Crippen MR) is 199 cm³/mol. The zero-order valence-corrected chi connectivity index (χ0v) is 32.8. The van der Waals surface area contributed by atoms with Crippen molar-refractivity contribution in [2.75, 3.05) is 0 Å². The number of benzene rings is 2. The molecule has 1 aliphatic carbocycles. The first kappa shape index (κ1) is 37.8. The van der Waals surface area contributed by atoms with Crippen molar-refractivity contribution >= 4 is 16.6 Å². The number of ether oxygens (including phenoxy) is 1. The van der Waals surface area contributed by atoms with E-state index in [0.717, 1.165) is 37.9 Å². The Kier molecular flexibility index (Phi) is 13.4. The molecule has 0 amide bonds. The summed E-state index contributed by atoms with van der Waals surface area (Å²) in [6.45, 7) is 31.3. The Morgan fingerprint density at radius 1 is 0.822 bits per heavy atom. The van der Waals surface area contributed by atoms with Gasteiger partial charge in [-0.05, 0) is 103 Å². The van der Waals surface area contributed by atoms with E-state index >= 15 is 0 Å². The van der Waals surface area contributed by atoms with Crippen LogP contribution in [0.4, 0.5) is 0 Å². The summed E-state index contributed by atoms with van der Waals surface area (Å²) in [4.78, 5) is 0. The Balaban J connectivity index is 1.83. The summed E-state index contributed by atoms with van der Waals surface area (Å²) in [6.07, 6.45) is 9.64. The third-order valence-electron chi connectivity index (χ3n) is 11.1. The molecule has 0 saturated heterocycles. The lowest BCUT2D eigenvalue weighted by Crippen LogP contribution is -2.46. The van der Waals surface area contributed by atoms with Crippen LogP contribution < -0.4 is 4.74 Å². The Labute approximate surface area is 279 Å². The van der Waals surface area contributed by atoms with Gasteiger partial charge >= 0.3 is 0 Å². The maximum Gasteiger partial charge on any atom is 0.192 e. The Morgan fingerprint density at radius 3 is 2.09 bits per heavy atom. The molecule has 1 fully saturated rings. The highest BCUT2D eigenvalue weighted by Gasteiger charge is 2.46. The average molecular weight is 651 g/mol. The van der Waals surface area contributed by atoms with E-state index in [9.17, 15) is 0 Å². The van der Waals surface area contributed by atoms with Crippen LogP contribution >= 0.6 is 0 Å². The number of rotatable bonds is 16. The molecule has 252 valence electrons. The Morgan fingerprint density at radius 2 is 1.47 bits per heavy atom. The van der Waals surface area contributed by atoms with Gasteiger partial charge in [0, 0.05) is 6.10 Å². The molecular formula is C40H66O3Si2. The largest absolute Gasteiger partial charge is 0.489 e. The normalized spacial score (nSPS) is 20.4. The van der Waals surface area contributed by atoms with E-state index in [1.807, 2.05) is 6.07 Å². The van der Waals surface area contributed by atoms with Crippen LogP contribution in [0.5, 0.6) is 5.75 Å². The molecule has 5 heteroatoms. The molecule has 1 saturated carbocycles. The van der Waals surface area contributed by atoms with Crippen LogP contribution in [0.1, 0.15) is 105 Å². The maximum absolute atomic E-state index is 7.23. The van der Waals surface area contributed by atoms with E-state index in [1.54, 1.807) is 0 Å². The van der Waals surface area contributed by atoms with Gasteiger partial charge in [0.2, 0.25) is 0 Å². The number of hydrogen-bond acceptors (Lipinski definition) is 3. The van der Waals surface area contributed by atoms with E-state index in [2.05, 4.69) is 130 Å². The fourth-order valence-electron chi connectivity index (χ4n) is 6.10.